The van der Waals surface area contributed by atoms with Crippen LogP contribution in [0.3, 0.4) is 0 Å². The number of halogens is 1. The number of morpholine rings is 1. The van der Waals surface area contributed by atoms with E-state index in [4.69, 9.17) is 4.74 Å². The second-order valence-electron chi connectivity index (χ2n) is 8.05. The number of benzene rings is 2. The summed E-state index contributed by atoms with van der Waals surface area (Å²) in [4.78, 5) is 15.3. The maximum Gasteiger partial charge on any atom is 0.251 e. The van der Waals surface area contributed by atoms with Gasteiger partial charge in [0.25, 0.3) is 5.91 Å². The first-order valence-corrected chi connectivity index (χ1v) is 10.4. The number of anilines is 1. The lowest BCUT2D eigenvalue weighted by atomic mass is 10.0. The van der Waals surface area contributed by atoms with E-state index in [2.05, 4.69) is 16.3 Å². The Morgan fingerprint density at radius 2 is 2.00 bits per heavy atom. The average Bonchev–Trinajstić information content (AvgIpc) is 3.03. The van der Waals surface area contributed by atoms with E-state index in [0.717, 1.165) is 40.8 Å². The summed E-state index contributed by atoms with van der Waals surface area (Å²) in [5, 5.41) is 4.01. The highest BCUT2D eigenvalue weighted by molar-refractivity contribution is 5.97. The van der Waals surface area contributed by atoms with Crippen LogP contribution in [-0.4, -0.2) is 42.8 Å². The van der Waals surface area contributed by atoms with Crippen molar-refractivity contribution in [2.45, 2.75) is 26.3 Å². The van der Waals surface area contributed by atoms with E-state index in [1.807, 2.05) is 43.8 Å². The summed E-state index contributed by atoms with van der Waals surface area (Å²) in [6.07, 6.45) is 2.64. The molecule has 1 atom stereocenters. The normalized spacial score (nSPS) is 15.4. The Hall–Kier alpha value is -2.86. The van der Waals surface area contributed by atoms with Gasteiger partial charge in [0.1, 0.15) is 5.82 Å². The lowest BCUT2D eigenvalue weighted by molar-refractivity contribution is 0.0939. The van der Waals surface area contributed by atoms with Crippen LogP contribution in [0, 0.1) is 12.7 Å². The van der Waals surface area contributed by atoms with Gasteiger partial charge in [-0.1, -0.05) is 6.07 Å². The third-order valence-corrected chi connectivity index (χ3v) is 5.84. The molecule has 30 heavy (non-hydrogen) atoms. The van der Waals surface area contributed by atoms with Gasteiger partial charge in [-0.15, -0.1) is 0 Å². The Morgan fingerprint density at radius 3 is 2.77 bits per heavy atom. The van der Waals surface area contributed by atoms with E-state index in [-0.39, 0.29) is 17.8 Å². The van der Waals surface area contributed by atoms with Gasteiger partial charge >= 0.3 is 0 Å². The summed E-state index contributed by atoms with van der Waals surface area (Å²) < 4.78 is 21.2. The maximum atomic E-state index is 13.7. The summed E-state index contributed by atoms with van der Waals surface area (Å²) in [7, 11) is 1.95. The topological polar surface area (TPSA) is 46.5 Å². The minimum Gasteiger partial charge on any atom is -0.378 e. The summed E-state index contributed by atoms with van der Waals surface area (Å²) in [5.74, 6) is -0.330. The van der Waals surface area contributed by atoms with E-state index in [9.17, 15) is 9.18 Å². The fraction of sp³-hybridized carbons (Fsp3) is 0.375. The molecule has 4 rings (SSSR count). The Bertz CT molecular complexity index is 1070. The molecule has 0 aliphatic carbocycles. The number of rotatable bonds is 5. The molecule has 6 heteroatoms. The minimum atomic E-state index is -0.248. The van der Waals surface area contributed by atoms with E-state index in [0.29, 0.717) is 25.2 Å². The first kappa shape index (κ1) is 20.4. The molecular formula is C24H28FN3O2. The Labute approximate surface area is 176 Å². The summed E-state index contributed by atoms with van der Waals surface area (Å²) in [6.45, 7) is 7.06. The van der Waals surface area contributed by atoms with E-state index >= 15 is 0 Å². The van der Waals surface area contributed by atoms with Crippen LogP contribution in [-0.2, 0) is 18.2 Å². The van der Waals surface area contributed by atoms with Gasteiger partial charge in [0.05, 0.1) is 13.2 Å². The molecule has 158 valence electrons. The van der Waals surface area contributed by atoms with Crippen molar-refractivity contribution in [2.75, 3.05) is 31.2 Å². The second kappa shape index (κ2) is 8.48. The third-order valence-electron chi connectivity index (χ3n) is 5.84. The lowest BCUT2D eigenvalue weighted by Gasteiger charge is -2.30. The van der Waals surface area contributed by atoms with Crippen LogP contribution in [0.1, 0.15) is 28.4 Å². The summed E-state index contributed by atoms with van der Waals surface area (Å²) in [5.41, 5.74) is 4.77. The van der Waals surface area contributed by atoms with Crippen LogP contribution in [0.5, 0.6) is 0 Å². The average molecular weight is 410 g/mol. The van der Waals surface area contributed by atoms with Gasteiger partial charge in [0, 0.05) is 54.5 Å². The molecule has 5 nitrogen and oxygen atoms in total. The fourth-order valence-electron chi connectivity index (χ4n) is 4.31. The van der Waals surface area contributed by atoms with Crippen molar-refractivity contribution >= 4 is 22.5 Å². The van der Waals surface area contributed by atoms with E-state index in [1.165, 1.54) is 6.07 Å². The predicted molar refractivity (Wildman–Crippen MR) is 118 cm³/mol. The number of carbonyl (C=O) groups excluding carboxylic acids is 1. The molecule has 1 aliphatic rings. The van der Waals surface area contributed by atoms with Gasteiger partial charge in [-0.2, -0.15) is 0 Å². The smallest absolute Gasteiger partial charge is 0.251 e. The SMILES string of the molecule is Cc1c(C(=O)NC(C)Cc2cn(C)c3ccc(F)cc23)cccc1N1CCOCC1. The van der Waals surface area contributed by atoms with Crippen molar-refractivity contribution in [3.05, 3.63) is 65.1 Å². The Kier molecular flexibility index (Phi) is 5.77. The van der Waals surface area contributed by atoms with Gasteiger partial charge < -0.3 is 19.5 Å². The maximum absolute atomic E-state index is 13.7. The minimum absolute atomic E-state index is 0.0819. The number of nitrogens with one attached hydrogen (secondary N) is 1. The third kappa shape index (κ3) is 4.05. The highest BCUT2D eigenvalue weighted by atomic mass is 19.1. The Morgan fingerprint density at radius 1 is 1.23 bits per heavy atom. The number of hydrogen-bond donors (Lipinski definition) is 1. The van der Waals surface area contributed by atoms with Crippen molar-refractivity contribution in [2.24, 2.45) is 7.05 Å². The molecule has 1 aliphatic heterocycles. The number of amides is 1. The van der Waals surface area contributed by atoms with Crippen LogP contribution < -0.4 is 10.2 Å². The summed E-state index contributed by atoms with van der Waals surface area (Å²) >= 11 is 0. The van der Waals surface area contributed by atoms with Gasteiger partial charge in [-0.05, 0) is 61.7 Å². The van der Waals surface area contributed by atoms with Gasteiger partial charge in [-0.25, -0.2) is 4.39 Å². The van der Waals surface area contributed by atoms with Crippen LogP contribution in [0.15, 0.2) is 42.6 Å². The molecule has 1 unspecified atom stereocenters. The zero-order valence-electron chi connectivity index (χ0n) is 17.7. The molecule has 1 saturated heterocycles. The molecular weight excluding hydrogens is 381 g/mol. The fourth-order valence-corrected chi connectivity index (χ4v) is 4.31. The van der Waals surface area contributed by atoms with Gasteiger partial charge in [-0.3, -0.25) is 4.79 Å². The largest absolute Gasteiger partial charge is 0.378 e. The number of carbonyl (C=O) groups is 1. The molecule has 1 N–H and O–H groups in total. The molecule has 2 aromatic carbocycles. The van der Waals surface area contributed by atoms with Crippen molar-refractivity contribution in [3.63, 3.8) is 0 Å². The summed E-state index contributed by atoms with van der Waals surface area (Å²) in [6, 6.07) is 10.6. The van der Waals surface area contributed by atoms with Crippen molar-refractivity contribution in [1.82, 2.24) is 9.88 Å². The standard InChI is InChI=1S/C24H28FN3O2/c1-16(13-18-15-27(3)23-8-7-19(25)14-21(18)23)26-24(29)20-5-4-6-22(17(20)2)28-9-11-30-12-10-28/h4-8,14-16H,9-13H2,1-3H3,(H,26,29). The molecule has 1 fully saturated rings. The molecule has 0 radical (unpaired) electrons. The van der Waals surface area contributed by atoms with Gasteiger partial charge in [0.2, 0.25) is 0 Å². The highest BCUT2D eigenvalue weighted by Gasteiger charge is 2.19. The van der Waals surface area contributed by atoms with Crippen LogP contribution in [0.25, 0.3) is 10.9 Å². The zero-order valence-corrected chi connectivity index (χ0v) is 17.7. The quantitative estimate of drug-likeness (QED) is 0.697. The number of aryl methyl sites for hydroxylation is 1. The van der Waals surface area contributed by atoms with Gasteiger partial charge in [0.15, 0.2) is 0 Å². The van der Waals surface area contributed by atoms with Crippen LogP contribution in [0.2, 0.25) is 0 Å². The lowest BCUT2D eigenvalue weighted by Crippen LogP contribution is -2.37. The first-order valence-electron chi connectivity index (χ1n) is 10.4. The first-order chi connectivity index (χ1) is 14.4. The monoisotopic (exact) mass is 409 g/mol. The van der Waals surface area contributed by atoms with Crippen LogP contribution in [0.4, 0.5) is 10.1 Å². The molecule has 0 spiro atoms. The van der Waals surface area contributed by atoms with Crippen LogP contribution >= 0.6 is 0 Å². The van der Waals surface area contributed by atoms with Crippen molar-refractivity contribution < 1.29 is 13.9 Å². The predicted octanol–water partition coefficient (Wildman–Crippen LogP) is 3.82. The molecule has 2 heterocycles. The Balaban J connectivity index is 1.50. The highest BCUT2D eigenvalue weighted by Crippen LogP contribution is 2.25. The van der Waals surface area contributed by atoms with Crippen molar-refractivity contribution in [1.29, 1.82) is 0 Å². The molecule has 3 aromatic rings. The molecule has 1 amide bonds. The molecule has 0 bridgehead atoms. The van der Waals surface area contributed by atoms with E-state index < -0.39 is 0 Å². The number of ether oxygens (including phenoxy) is 1. The molecule has 0 saturated carbocycles. The number of fused-ring (bicyclic) bond motifs is 1. The molecule has 1 aromatic heterocycles. The second-order valence-corrected chi connectivity index (χ2v) is 8.05. The number of nitrogens with zero attached hydrogens (tertiary/aromatic N) is 2. The van der Waals surface area contributed by atoms with Crippen molar-refractivity contribution in [3.8, 4) is 0 Å². The van der Waals surface area contributed by atoms with E-state index in [1.54, 1.807) is 12.1 Å². The number of aromatic nitrogens is 1. The number of hydrogen-bond acceptors (Lipinski definition) is 3. The zero-order chi connectivity index (χ0) is 21.3.